The number of rotatable bonds is 5. The largest absolute Gasteiger partial charge is 0.480 e. The van der Waals surface area contributed by atoms with Crippen LogP contribution in [0.5, 0.6) is 5.75 Å². The standard InChI is InChI=1S/C14H19N3O2/c1-9(2)8-17-14(18)10(3)19-13-5-4-12(16)6-11(13)7-15/h4-6,9-10H,8,16H2,1-3H3,(H,17,18). The highest BCUT2D eigenvalue weighted by molar-refractivity contribution is 5.80. The second-order valence-electron chi connectivity index (χ2n) is 4.77. The predicted octanol–water partition coefficient (Wildman–Crippen LogP) is 1.68. The van der Waals surface area contributed by atoms with Crippen molar-refractivity contribution in [1.29, 1.82) is 5.26 Å². The minimum absolute atomic E-state index is 0.200. The first-order valence-electron chi connectivity index (χ1n) is 6.18. The first-order chi connectivity index (χ1) is 8.93. The van der Waals surface area contributed by atoms with E-state index in [1.165, 1.54) is 6.07 Å². The van der Waals surface area contributed by atoms with Gasteiger partial charge in [0.05, 0.1) is 5.56 Å². The summed E-state index contributed by atoms with van der Waals surface area (Å²) < 4.78 is 5.50. The number of hydrogen-bond acceptors (Lipinski definition) is 4. The lowest BCUT2D eigenvalue weighted by atomic mass is 10.2. The molecular formula is C14H19N3O2. The molecule has 1 aromatic rings. The highest BCUT2D eigenvalue weighted by atomic mass is 16.5. The van der Waals surface area contributed by atoms with Gasteiger partial charge in [0.25, 0.3) is 5.91 Å². The average Bonchev–Trinajstić information content (AvgIpc) is 2.37. The molecule has 0 radical (unpaired) electrons. The van der Waals surface area contributed by atoms with Gasteiger partial charge in [0, 0.05) is 12.2 Å². The average molecular weight is 261 g/mol. The number of nitrogen functional groups attached to an aromatic ring is 1. The number of hydrogen-bond donors (Lipinski definition) is 2. The van der Waals surface area contributed by atoms with Gasteiger partial charge in [-0.25, -0.2) is 0 Å². The van der Waals surface area contributed by atoms with E-state index < -0.39 is 6.10 Å². The van der Waals surface area contributed by atoms with Crippen LogP contribution in [-0.4, -0.2) is 18.6 Å². The Labute approximate surface area is 113 Å². The molecule has 0 saturated heterocycles. The Morgan fingerprint density at radius 1 is 1.47 bits per heavy atom. The Kier molecular flexibility index (Phi) is 5.19. The molecule has 102 valence electrons. The Balaban J connectivity index is 2.69. The van der Waals surface area contributed by atoms with Crippen molar-refractivity contribution in [2.24, 2.45) is 5.92 Å². The molecule has 1 aromatic carbocycles. The van der Waals surface area contributed by atoms with Gasteiger partial charge in [-0.3, -0.25) is 4.79 Å². The van der Waals surface area contributed by atoms with E-state index in [0.717, 1.165) is 0 Å². The number of carbonyl (C=O) groups is 1. The van der Waals surface area contributed by atoms with Crippen molar-refractivity contribution in [3.8, 4) is 11.8 Å². The molecule has 19 heavy (non-hydrogen) atoms. The van der Waals surface area contributed by atoms with Crippen LogP contribution in [0.3, 0.4) is 0 Å². The van der Waals surface area contributed by atoms with Crippen LogP contribution >= 0.6 is 0 Å². The maximum absolute atomic E-state index is 11.8. The van der Waals surface area contributed by atoms with Gasteiger partial charge >= 0.3 is 0 Å². The number of nitrogens with two attached hydrogens (primary N) is 1. The zero-order chi connectivity index (χ0) is 14.4. The van der Waals surface area contributed by atoms with Gasteiger partial charge in [0.15, 0.2) is 6.10 Å². The molecule has 0 heterocycles. The van der Waals surface area contributed by atoms with Crippen LogP contribution in [0.1, 0.15) is 26.3 Å². The Morgan fingerprint density at radius 3 is 2.74 bits per heavy atom. The van der Waals surface area contributed by atoms with E-state index in [1.54, 1.807) is 19.1 Å². The predicted molar refractivity (Wildman–Crippen MR) is 73.5 cm³/mol. The van der Waals surface area contributed by atoms with E-state index in [1.807, 2.05) is 19.9 Å². The summed E-state index contributed by atoms with van der Waals surface area (Å²) >= 11 is 0. The molecule has 3 N–H and O–H groups in total. The lowest BCUT2D eigenvalue weighted by Gasteiger charge is -2.16. The minimum Gasteiger partial charge on any atom is -0.480 e. The van der Waals surface area contributed by atoms with Crippen molar-refractivity contribution in [3.63, 3.8) is 0 Å². The third-order valence-corrected chi connectivity index (χ3v) is 2.48. The van der Waals surface area contributed by atoms with E-state index in [2.05, 4.69) is 5.32 Å². The molecule has 0 aliphatic rings. The highest BCUT2D eigenvalue weighted by Gasteiger charge is 2.16. The molecule has 5 heteroatoms. The molecule has 1 unspecified atom stereocenters. The normalized spacial score (nSPS) is 11.7. The van der Waals surface area contributed by atoms with E-state index in [4.69, 9.17) is 15.7 Å². The van der Waals surface area contributed by atoms with Crippen LogP contribution in [0.25, 0.3) is 0 Å². The summed E-state index contributed by atoms with van der Waals surface area (Å²) in [6.45, 7) is 6.27. The van der Waals surface area contributed by atoms with E-state index >= 15 is 0 Å². The Hall–Kier alpha value is -2.22. The van der Waals surface area contributed by atoms with Crippen molar-refractivity contribution in [2.45, 2.75) is 26.9 Å². The first kappa shape index (κ1) is 14.8. The van der Waals surface area contributed by atoms with Crippen LogP contribution in [0, 0.1) is 17.2 Å². The summed E-state index contributed by atoms with van der Waals surface area (Å²) in [5.74, 6) is 0.542. The van der Waals surface area contributed by atoms with Gasteiger partial charge in [0.1, 0.15) is 11.8 Å². The monoisotopic (exact) mass is 261 g/mol. The SMILES string of the molecule is CC(C)CNC(=O)C(C)Oc1ccc(N)cc1C#N. The van der Waals surface area contributed by atoms with Gasteiger partial charge in [-0.1, -0.05) is 13.8 Å². The van der Waals surface area contributed by atoms with Crippen LogP contribution < -0.4 is 15.8 Å². The van der Waals surface area contributed by atoms with Crippen LogP contribution in [0.15, 0.2) is 18.2 Å². The third kappa shape index (κ3) is 4.51. The summed E-state index contributed by atoms with van der Waals surface area (Å²) in [5, 5.41) is 11.8. The van der Waals surface area contributed by atoms with Gasteiger partial charge in [0.2, 0.25) is 0 Å². The fourth-order valence-corrected chi connectivity index (χ4v) is 1.43. The number of carbonyl (C=O) groups excluding carboxylic acids is 1. The number of ether oxygens (including phenoxy) is 1. The smallest absolute Gasteiger partial charge is 0.260 e. The minimum atomic E-state index is -0.658. The highest BCUT2D eigenvalue weighted by Crippen LogP contribution is 2.21. The van der Waals surface area contributed by atoms with Crippen LogP contribution in [-0.2, 0) is 4.79 Å². The number of amides is 1. The molecule has 0 saturated carbocycles. The molecule has 0 bridgehead atoms. The maximum atomic E-state index is 11.8. The summed E-state index contributed by atoms with van der Waals surface area (Å²) in [4.78, 5) is 11.8. The Bertz CT molecular complexity index is 492. The molecule has 1 amide bonds. The second kappa shape index (κ2) is 6.64. The quantitative estimate of drug-likeness (QED) is 0.789. The van der Waals surface area contributed by atoms with Gasteiger partial charge < -0.3 is 15.8 Å². The van der Waals surface area contributed by atoms with E-state index in [0.29, 0.717) is 29.5 Å². The molecule has 0 fully saturated rings. The molecule has 5 nitrogen and oxygen atoms in total. The lowest BCUT2D eigenvalue weighted by molar-refractivity contribution is -0.127. The number of nitriles is 1. The van der Waals surface area contributed by atoms with Crippen LogP contribution in [0.2, 0.25) is 0 Å². The third-order valence-electron chi connectivity index (χ3n) is 2.48. The van der Waals surface area contributed by atoms with Crippen molar-refractivity contribution in [2.75, 3.05) is 12.3 Å². The Morgan fingerprint density at radius 2 is 2.16 bits per heavy atom. The lowest BCUT2D eigenvalue weighted by Crippen LogP contribution is -2.38. The molecule has 1 rings (SSSR count). The number of nitrogens with one attached hydrogen (secondary N) is 1. The van der Waals surface area contributed by atoms with Crippen molar-refractivity contribution in [1.82, 2.24) is 5.32 Å². The van der Waals surface area contributed by atoms with Crippen molar-refractivity contribution < 1.29 is 9.53 Å². The van der Waals surface area contributed by atoms with Gasteiger partial charge in [-0.2, -0.15) is 5.26 Å². The molecular weight excluding hydrogens is 242 g/mol. The van der Waals surface area contributed by atoms with Crippen molar-refractivity contribution in [3.05, 3.63) is 23.8 Å². The summed E-state index contributed by atoms with van der Waals surface area (Å²) in [6, 6.07) is 6.75. The zero-order valence-corrected chi connectivity index (χ0v) is 11.4. The number of anilines is 1. The fraction of sp³-hybridized carbons (Fsp3) is 0.429. The maximum Gasteiger partial charge on any atom is 0.260 e. The number of nitrogens with zero attached hydrogens (tertiary/aromatic N) is 1. The van der Waals surface area contributed by atoms with Crippen molar-refractivity contribution >= 4 is 11.6 Å². The topological polar surface area (TPSA) is 88.1 Å². The number of benzene rings is 1. The zero-order valence-electron chi connectivity index (χ0n) is 11.4. The summed E-state index contributed by atoms with van der Waals surface area (Å²) in [6.07, 6.45) is -0.658. The summed E-state index contributed by atoms with van der Waals surface area (Å²) in [5.41, 5.74) is 6.40. The molecule has 0 aliphatic carbocycles. The molecule has 0 aromatic heterocycles. The first-order valence-corrected chi connectivity index (χ1v) is 6.18. The van der Waals surface area contributed by atoms with Gasteiger partial charge in [-0.05, 0) is 31.0 Å². The van der Waals surface area contributed by atoms with Gasteiger partial charge in [-0.15, -0.1) is 0 Å². The van der Waals surface area contributed by atoms with Crippen LogP contribution in [0.4, 0.5) is 5.69 Å². The van der Waals surface area contributed by atoms with E-state index in [9.17, 15) is 4.79 Å². The van der Waals surface area contributed by atoms with E-state index in [-0.39, 0.29) is 5.91 Å². The summed E-state index contributed by atoms with van der Waals surface area (Å²) in [7, 11) is 0. The molecule has 1 atom stereocenters. The molecule has 0 spiro atoms. The second-order valence-corrected chi connectivity index (χ2v) is 4.77. The molecule has 0 aliphatic heterocycles. The fourth-order valence-electron chi connectivity index (χ4n) is 1.43.